The summed E-state index contributed by atoms with van der Waals surface area (Å²) in [5.41, 5.74) is 0.143. The number of rotatable bonds is 4. The lowest BCUT2D eigenvalue weighted by Gasteiger charge is -2.07. The quantitative estimate of drug-likeness (QED) is 0.913. The highest BCUT2D eigenvalue weighted by Crippen LogP contribution is 2.28. The molecule has 6 heteroatoms. The van der Waals surface area contributed by atoms with Gasteiger partial charge in [0.1, 0.15) is 5.76 Å². The van der Waals surface area contributed by atoms with Crippen LogP contribution in [0.3, 0.4) is 0 Å². The average Bonchev–Trinajstić information content (AvgIpc) is 2.82. The molecule has 0 atom stereocenters. The molecule has 0 fully saturated rings. The second kappa shape index (κ2) is 5.22. The SMILES string of the molecule is FC(F)(F)c1ccc(CNCc2cnco2)cc1. The number of halogens is 3. The summed E-state index contributed by atoms with van der Waals surface area (Å²) in [5.74, 6) is 0.682. The van der Waals surface area contributed by atoms with Crippen molar-refractivity contribution in [2.75, 3.05) is 0 Å². The fourth-order valence-corrected chi connectivity index (χ4v) is 1.47. The number of nitrogens with zero attached hydrogens (tertiary/aromatic N) is 1. The molecule has 0 saturated carbocycles. The lowest BCUT2D eigenvalue weighted by molar-refractivity contribution is -0.137. The highest BCUT2D eigenvalue weighted by molar-refractivity contribution is 5.24. The van der Waals surface area contributed by atoms with Crippen LogP contribution in [0.1, 0.15) is 16.9 Å². The number of hydrogen-bond acceptors (Lipinski definition) is 3. The first kappa shape index (κ1) is 12.6. The Balaban J connectivity index is 1.87. The van der Waals surface area contributed by atoms with Crippen LogP contribution >= 0.6 is 0 Å². The zero-order chi connectivity index (χ0) is 13.0. The normalized spacial score (nSPS) is 11.7. The minimum Gasteiger partial charge on any atom is -0.447 e. The predicted molar refractivity (Wildman–Crippen MR) is 58.5 cm³/mol. The Morgan fingerprint density at radius 1 is 1.11 bits per heavy atom. The number of nitrogens with one attached hydrogen (secondary N) is 1. The van der Waals surface area contributed by atoms with Gasteiger partial charge in [-0.05, 0) is 17.7 Å². The Kier molecular flexibility index (Phi) is 3.66. The molecule has 0 saturated heterocycles. The first-order chi connectivity index (χ1) is 8.55. The summed E-state index contributed by atoms with van der Waals surface area (Å²) in [5, 5.41) is 3.05. The number of hydrogen-bond donors (Lipinski definition) is 1. The van der Waals surface area contributed by atoms with Gasteiger partial charge in [0.05, 0.1) is 18.3 Å². The molecule has 0 aliphatic carbocycles. The zero-order valence-corrected chi connectivity index (χ0v) is 9.37. The Morgan fingerprint density at radius 3 is 2.39 bits per heavy atom. The van der Waals surface area contributed by atoms with Gasteiger partial charge in [0.25, 0.3) is 0 Å². The third-order valence-electron chi connectivity index (χ3n) is 2.39. The standard InChI is InChI=1S/C12H11F3N2O/c13-12(14,15)10-3-1-9(2-4-10)5-16-6-11-7-17-8-18-11/h1-4,7-8,16H,5-6H2. The van der Waals surface area contributed by atoms with Crippen molar-refractivity contribution in [3.63, 3.8) is 0 Å². The van der Waals surface area contributed by atoms with Gasteiger partial charge in [0.2, 0.25) is 0 Å². The van der Waals surface area contributed by atoms with Crippen LogP contribution in [0.25, 0.3) is 0 Å². The van der Waals surface area contributed by atoms with Crippen molar-refractivity contribution in [2.24, 2.45) is 0 Å². The zero-order valence-electron chi connectivity index (χ0n) is 9.37. The van der Waals surface area contributed by atoms with Gasteiger partial charge in [-0.25, -0.2) is 4.98 Å². The van der Waals surface area contributed by atoms with Crippen molar-refractivity contribution in [3.05, 3.63) is 53.7 Å². The first-order valence-corrected chi connectivity index (χ1v) is 5.30. The van der Waals surface area contributed by atoms with E-state index < -0.39 is 11.7 Å². The Labute approximate surface area is 102 Å². The van der Waals surface area contributed by atoms with Gasteiger partial charge in [-0.3, -0.25) is 0 Å². The Hall–Kier alpha value is -1.82. The van der Waals surface area contributed by atoms with Crippen molar-refractivity contribution in [2.45, 2.75) is 19.3 Å². The molecule has 0 radical (unpaired) electrons. The van der Waals surface area contributed by atoms with Gasteiger partial charge < -0.3 is 9.73 Å². The number of alkyl halides is 3. The summed E-state index contributed by atoms with van der Waals surface area (Å²) in [6.07, 6.45) is -1.37. The van der Waals surface area contributed by atoms with E-state index in [4.69, 9.17) is 4.42 Å². The van der Waals surface area contributed by atoms with Crippen molar-refractivity contribution in [1.29, 1.82) is 0 Å². The molecule has 96 valence electrons. The molecule has 1 N–H and O–H groups in total. The van der Waals surface area contributed by atoms with Crippen LogP contribution < -0.4 is 5.32 Å². The summed E-state index contributed by atoms with van der Waals surface area (Å²) in [6, 6.07) is 5.06. The maximum atomic E-state index is 12.3. The van der Waals surface area contributed by atoms with Crippen LogP contribution in [0.15, 0.2) is 41.3 Å². The average molecular weight is 256 g/mol. The molecule has 0 spiro atoms. The topological polar surface area (TPSA) is 38.1 Å². The minimum atomic E-state index is -4.29. The fraction of sp³-hybridized carbons (Fsp3) is 0.250. The van der Waals surface area contributed by atoms with Gasteiger partial charge in [0.15, 0.2) is 6.39 Å². The van der Waals surface area contributed by atoms with Crippen LogP contribution in [-0.4, -0.2) is 4.98 Å². The molecule has 18 heavy (non-hydrogen) atoms. The van der Waals surface area contributed by atoms with Crippen LogP contribution in [0, 0.1) is 0 Å². The van der Waals surface area contributed by atoms with E-state index in [-0.39, 0.29) is 0 Å². The van der Waals surface area contributed by atoms with Gasteiger partial charge >= 0.3 is 6.18 Å². The van der Waals surface area contributed by atoms with Crippen molar-refractivity contribution in [1.82, 2.24) is 10.3 Å². The Morgan fingerprint density at radius 2 is 1.83 bits per heavy atom. The molecular formula is C12H11F3N2O. The van der Waals surface area contributed by atoms with Crippen LogP contribution in [-0.2, 0) is 19.3 Å². The monoisotopic (exact) mass is 256 g/mol. The van der Waals surface area contributed by atoms with Crippen molar-refractivity contribution < 1.29 is 17.6 Å². The lowest BCUT2D eigenvalue weighted by Crippen LogP contribution is -2.12. The second-order valence-electron chi connectivity index (χ2n) is 3.77. The lowest BCUT2D eigenvalue weighted by atomic mass is 10.1. The molecular weight excluding hydrogens is 245 g/mol. The van der Waals surface area contributed by atoms with Crippen LogP contribution in [0.5, 0.6) is 0 Å². The highest BCUT2D eigenvalue weighted by atomic mass is 19.4. The Bertz CT molecular complexity index is 477. The summed E-state index contributed by atoms with van der Waals surface area (Å²) < 4.78 is 42.0. The number of aromatic nitrogens is 1. The first-order valence-electron chi connectivity index (χ1n) is 5.30. The van der Waals surface area contributed by atoms with E-state index in [1.165, 1.54) is 18.5 Å². The van der Waals surface area contributed by atoms with E-state index in [1.807, 2.05) is 0 Å². The second-order valence-corrected chi connectivity index (χ2v) is 3.77. The van der Waals surface area contributed by atoms with Gasteiger partial charge in [-0.1, -0.05) is 12.1 Å². The maximum Gasteiger partial charge on any atom is 0.416 e. The van der Waals surface area contributed by atoms with E-state index in [0.29, 0.717) is 18.8 Å². The molecule has 2 rings (SSSR count). The molecule has 2 aromatic rings. The third-order valence-corrected chi connectivity index (χ3v) is 2.39. The fourth-order valence-electron chi connectivity index (χ4n) is 1.47. The van der Waals surface area contributed by atoms with E-state index in [9.17, 15) is 13.2 Å². The van der Waals surface area contributed by atoms with Gasteiger partial charge in [-0.15, -0.1) is 0 Å². The predicted octanol–water partition coefficient (Wildman–Crippen LogP) is 2.98. The summed E-state index contributed by atoms with van der Waals surface area (Å²) in [6.45, 7) is 0.958. The molecule has 1 aromatic carbocycles. The van der Waals surface area contributed by atoms with E-state index in [2.05, 4.69) is 10.3 Å². The molecule has 0 aliphatic heterocycles. The summed E-state index contributed by atoms with van der Waals surface area (Å²) >= 11 is 0. The summed E-state index contributed by atoms with van der Waals surface area (Å²) in [4.78, 5) is 3.75. The molecule has 0 amide bonds. The number of benzene rings is 1. The molecule has 1 aromatic heterocycles. The third kappa shape index (κ3) is 3.33. The largest absolute Gasteiger partial charge is 0.447 e. The number of oxazole rings is 1. The van der Waals surface area contributed by atoms with Gasteiger partial charge in [0, 0.05) is 6.54 Å². The van der Waals surface area contributed by atoms with E-state index in [0.717, 1.165) is 17.7 Å². The summed E-state index contributed by atoms with van der Waals surface area (Å²) in [7, 11) is 0. The molecule has 1 heterocycles. The molecule has 0 bridgehead atoms. The van der Waals surface area contributed by atoms with Crippen molar-refractivity contribution in [3.8, 4) is 0 Å². The molecule has 0 aliphatic rings. The molecule has 0 unspecified atom stereocenters. The smallest absolute Gasteiger partial charge is 0.416 e. The minimum absolute atomic E-state index is 0.471. The van der Waals surface area contributed by atoms with Crippen LogP contribution in [0.4, 0.5) is 13.2 Å². The highest BCUT2D eigenvalue weighted by Gasteiger charge is 2.29. The van der Waals surface area contributed by atoms with Gasteiger partial charge in [-0.2, -0.15) is 13.2 Å². The van der Waals surface area contributed by atoms with E-state index in [1.54, 1.807) is 6.20 Å². The van der Waals surface area contributed by atoms with Crippen LogP contribution in [0.2, 0.25) is 0 Å². The molecule has 3 nitrogen and oxygen atoms in total. The van der Waals surface area contributed by atoms with Crippen molar-refractivity contribution >= 4 is 0 Å². The van der Waals surface area contributed by atoms with E-state index >= 15 is 0 Å². The maximum absolute atomic E-state index is 12.3.